The molecule has 1 N–H and O–H groups in total. The van der Waals surface area contributed by atoms with Gasteiger partial charge < -0.3 is 5.32 Å². The van der Waals surface area contributed by atoms with Crippen molar-refractivity contribution in [3.05, 3.63) is 55.7 Å². The van der Waals surface area contributed by atoms with Gasteiger partial charge in [0.2, 0.25) is 0 Å². The van der Waals surface area contributed by atoms with E-state index in [1.807, 2.05) is 18.4 Å². The van der Waals surface area contributed by atoms with Gasteiger partial charge in [0, 0.05) is 14.2 Å². The van der Waals surface area contributed by atoms with Crippen molar-refractivity contribution in [1.29, 1.82) is 0 Å². The van der Waals surface area contributed by atoms with Crippen LogP contribution in [0.5, 0.6) is 0 Å². The zero-order valence-corrected chi connectivity index (χ0v) is 13.5. The summed E-state index contributed by atoms with van der Waals surface area (Å²) in [6.45, 7) is 0. The molecule has 1 heterocycles. The lowest BCUT2D eigenvalue weighted by molar-refractivity contribution is 0.691. The minimum atomic E-state index is 0.323. The Kier molecular flexibility index (Phi) is 4.06. The van der Waals surface area contributed by atoms with E-state index in [1.54, 1.807) is 10.4 Å². The Morgan fingerprint density at radius 2 is 1.89 bits per heavy atom. The fraction of sp³-hybridized carbons (Fsp3) is 0.375. The van der Waals surface area contributed by atoms with E-state index >= 15 is 0 Å². The lowest BCUT2D eigenvalue weighted by Gasteiger charge is -2.15. The molecule has 0 spiro atoms. The van der Waals surface area contributed by atoms with Crippen LogP contribution in [0.2, 0.25) is 0 Å². The Morgan fingerprint density at radius 1 is 1.16 bits per heavy atom. The van der Waals surface area contributed by atoms with Crippen molar-refractivity contribution in [1.82, 2.24) is 5.32 Å². The van der Waals surface area contributed by atoms with Gasteiger partial charge in [-0.05, 0) is 62.1 Å². The average molecular weight is 336 g/mol. The molecule has 1 aliphatic rings. The van der Waals surface area contributed by atoms with Crippen LogP contribution in [0, 0.1) is 0 Å². The van der Waals surface area contributed by atoms with Gasteiger partial charge in [-0.25, -0.2) is 0 Å². The van der Waals surface area contributed by atoms with Crippen molar-refractivity contribution in [2.45, 2.75) is 31.7 Å². The zero-order chi connectivity index (χ0) is 13.2. The first-order chi connectivity index (χ1) is 9.28. The Bertz CT molecular complexity index is 535. The summed E-state index contributed by atoms with van der Waals surface area (Å²) in [5.74, 6) is 0. The molecule has 1 aromatic heterocycles. The number of aryl methyl sites for hydroxylation is 2. The number of rotatable bonds is 3. The van der Waals surface area contributed by atoms with Crippen LogP contribution in [0.15, 0.2) is 34.8 Å². The van der Waals surface area contributed by atoms with Crippen LogP contribution in [0.4, 0.5) is 0 Å². The summed E-state index contributed by atoms with van der Waals surface area (Å²) in [5.41, 5.74) is 2.92. The molecule has 0 aliphatic heterocycles. The van der Waals surface area contributed by atoms with Crippen molar-refractivity contribution < 1.29 is 0 Å². The molecule has 0 bridgehead atoms. The van der Waals surface area contributed by atoms with Crippen LogP contribution in [0.3, 0.4) is 0 Å². The van der Waals surface area contributed by atoms with Gasteiger partial charge in [0.15, 0.2) is 0 Å². The summed E-state index contributed by atoms with van der Waals surface area (Å²) in [4.78, 5) is 3.07. The molecule has 1 nitrogen and oxygen atoms in total. The number of thiophene rings is 1. The molecule has 3 heteroatoms. The second-order valence-electron chi connectivity index (χ2n) is 5.08. The zero-order valence-electron chi connectivity index (χ0n) is 11.1. The Hall–Kier alpha value is -0.640. The van der Waals surface area contributed by atoms with E-state index in [0.717, 1.165) is 4.47 Å². The Balaban J connectivity index is 1.93. The maximum absolute atomic E-state index is 3.50. The summed E-state index contributed by atoms with van der Waals surface area (Å²) in [6.07, 6.45) is 5.25. The molecule has 0 amide bonds. The fourth-order valence-electron chi connectivity index (χ4n) is 2.78. The average Bonchev–Trinajstić information content (AvgIpc) is 2.85. The number of nitrogens with one attached hydrogen (secondary N) is 1. The van der Waals surface area contributed by atoms with Crippen molar-refractivity contribution in [3.8, 4) is 0 Å². The van der Waals surface area contributed by atoms with Crippen molar-refractivity contribution in [2.24, 2.45) is 0 Å². The van der Waals surface area contributed by atoms with E-state index in [-0.39, 0.29) is 0 Å². The molecule has 0 saturated carbocycles. The quantitative estimate of drug-likeness (QED) is 0.857. The Labute approximate surface area is 127 Å². The molecule has 3 rings (SSSR count). The lowest BCUT2D eigenvalue weighted by Crippen LogP contribution is -2.16. The highest BCUT2D eigenvalue weighted by atomic mass is 79.9. The first-order valence-corrected chi connectivity index (χ1v) is 8.43. The van der Waals surface area contributed by atoms with Crippen LogP contribution >= 0.6 is 27.3 Å². The van der Waals surface area contributed by atoms with Gasteiger partial charge in [0.1, 0.15) is 0 Å². The van der Waals surface area contributed by atoms with Crippen LogP contribution in [0.1, 0.15) is 39.8 Å². The number of hydrogen-bond acceptors (Lipinski definition) is 2. The standard InChI is InChI=1S/C16H18BrNS/c1-18-16(11-6-8-13(17)9-7-11)15-10-12-4-2-3-5-14(12)19-15/h6-10,16,18H,2-5H2,1H3. The van der Waals surface area contributed by atoms with Gasteiger partial charge in [-0.15, -0.1) is 11.3 Å². The van der Waals surface area contributed by atoms with Crippen LogP contribution in [0.25, 0.3) is 0 Å². The van der Waals surface area contributed by atoms with Crippen molar-refractivity contribution >= 4 is 27.3 Å². The van der Waals surface area contributed by atoms with E-state index in [4.69, 9.17) is 0 Å². The molecule has 1 aromatic carbocycles. The molecule has 100 valence electrons. The summed E-state index contributed by atoms with van der Waals surface area (Å²) in [7, 11) is 2.05. The number of halogens is 1. The third kappa shape index (κ3) is 2.78. The minimum absolute atomic E-state index is 0.323. The number of fused-ring (bicyclic) bond motifs is 1. The molecule has 2 aromatic rings. The smallest absolute Gasteiger partial charge is 0.0668 e. The SMILES string of the molecule is CNC(c1ccc(Br)cc1)c1cc2c(s1)CCCC2. The Morgan fingerprint density at radius 3 is 2.58 bits per heavy atom. The third-order valence-electron chi connectivity index (χ3n) is 3.79. The first kappa shape index (κ1) is 13.3. The van der Waals surface area contributed by atoms with Gasteiger partial charge in [-0.1, -0.05) is 28.1 Å². The van der Waals surface area contributed by atoms with Crippen LogP contribution < -0.4 is 5.32 Å². The van der Waals surface area contributed by atoms with E-state index in [2.05, 4.69) is 51.6 Å². The van der Waals surface area contributed by atoms with Crippen molar-refractivity contribution in [2.75, 3.05) is 7.05 Å². The van der Waals surface area contributed by atoms with Gasteiger partial charge >= 0.3 is 0 Å². The monoisotopic (exact) mass is 335 g/mol. The fourth-order valence-corrected chi connectivity index (χ4v) is 4.44. The highest BCUT2D eigenvalue weighted by Crippen LogP contribution is 2.35. The van der Waals surface area contributed by atoms with Gasteiger partial charge in [0.05, 0.1) is 6.04 Å². The highest BCUT2D eigenvalue weighted by Gasteiger charge is 2.19. The number of benzene rings is 1. The molecular formula is C16H18BrNS. The topological polar surface area (TPSA) is 12.0 Å². The van der Waals surface area contributed by atoms with E-state index in [9.17, 15) is 0 Å². The van der Waals surface area contributed by atoms with Crippen molar-refractivity contribution in [3.63, 3.8) is 0 Å². The van der Waals surface area contributed by atoms with Gasteiger partial charge in [-0.3, -0.25) is 0 Å². The van der Waals surface area contributed by atoms with E-state index in [1.165, 1.54) is 36.1 Å². The lowest BCUT2D eigenvalue weighted by atomic mass is 9.98. The number of hydrogen-bond donors (Lipinski definition) is 1. The summed E-state index contributed by atoms with van der Waals surface area (Å²) in [6, 6.07) is 11.4. The minimum Gasteiger partial charge on any atom is -0.309 e. The molecular weight excluding hydrogens is 318 g/mol. The normalized spacial score (nSPS) is 16.1. The summed E-state index contributed by atoms with van der Waals surface area (Å²) >= 11 is 5.49. The molecule has 1 unspecified atom stereocenters. The predicted octanol–water partition coefficient (Wildman–Crippen LogP) is 4.70. The highest BCUT2D eigenvalue weighted by molar-refractivity contribution is 9.10. The maximum Gasteiger partial charge on any atom is 0.0668 e. The van der Waals surface area contributed by atoms with E-state index < -0.39 is 0 Å². The largest absolute Gasteiger partial charge is 0.309 e. The molecule has 0 fully saturated rings. The third-order valence-corrected chi connectivity index (χ3v) is 5.62. The summed E-state index contributed by atoms with van der Waals surface area (Å²) in [5, 5.41) is 3.46. The first-order valence-electron chi connectivity index (χ1n) is 6.82. The molecule has 1 atom stereocenters. The van der Waals surface area contributed by atoms with E-state index in [0.29, 0.717) is 6.04 Å². The molecule has 1 aliphatic carbocycles. The summed E-state index contributed by atoms with van der Waals surface area (Å²) < 4.78 is 1.14. The maximum atomic E-state index is 3.50. The second kappa shape index (κ2) is 5.78. The van der Waals surface area contributed by atoms with Crippen LogP contribution in [-0.2, 0) is 12.8 Å². The second-order valence-corrected chi connectivity index (χ2v) is 7.16. The molecule has 0 radical (unpaired) electrons. The van der Waals surface area contributed by atoms with Crippen LogP contribution in [-0.4, -0.2) is 7.05 Å². The molecule has 19 heavy (non-hydrogen) atoms. The molecule has 0 saturated heterocycles. The van der Waals surface area contributed by atoms with Gasteiger partial charge in [-0.2, -0.15) is 0 Å². The predicted molar refractivity (Wildman–Crippen MR) is 86.0 cm³/mol. The van der Waals surface area contributed by atoms with Gasteiger partial charge in [0.25, 0.3) is 0 Å².